The molecule has 0 spiro atoms. The lowest BCUT2D eigenvalue weighted by molar-refractivity contribution is 1.17. The average Bonchev–Trinajstić information content (AvgIpc) is 1.62. The summed E-state index contributed by atoms with van der Waals surface area (Å²) in [5, 5.41) is 7.47. The van der Waals surface area contributed by atoms with E-state index in [-0.39, 0.29) is 0 Å². The molecule has 6 heteroatoms. The van der Waals surface area contributed by atoms with Gasteiger partial charge in [0.1, 0.15) is 0 Å². The van der Waals surface area contributed by atoms with Crippen LogP contribution in [-0.4, -0.2) is 13.7 Å². The first kappa shape index (κ1) is 59.6. The predicted octanol–water partition coefficient (Wildman–Crippen LogP) is 26.4. The molecule has 102 heavy (non-hydrogen) atoms. The number of hydrogen-bond donors (Lipinski definition) is 0. The Morgan fingerprint density at radius 2 is 0.333 bits per heavy atom. The summed E-state index contributed by atoms with van der Waals surface area (Å²) in [5.74, 6) is 0. The standard InChI is InChI=1S/C96H66N6/c1-4-20-73(21-5-1)97(81-57-61-83(62-58-81)101-91-31-15-10-26-85(91)86-27-11-16-32-92(86)101)76-47-36-67(37-48-76)69-40-51-78(52-41-69)99(80-55-44-71(45-56-80)72-46-65-96-90(66-72)89-30-14-19-35-95(89)100(96)75-24-8-3-9-25-75)79-53-42-70(43-54-79)68-38-49-77(50-39-68)98(74-22-6-2-7-23-74)82-59-63-84(64-60-82)102-93-33-17-12-28-87(93)88-29-13-18-34-94(88)102/h1-66H. The minimum atomic E-state index is 1.05. The molecule has 0 radical (unpaired) electrons. The smallest absolute Gasteiger partial charge is 0.0541 e. The van der Waals surface area contributed by atoms with Gasteiger partial charge in [0.25, 0.3) is 0 Å². The summed E-state index contributed by atoms with van der Waals surface area (Å²) in [6, 6.07) is 145. The predicted molar refractivity (Wildman–Crippen MR) is 430 cm³/mol. The van der Waals surface area contributed by atoms with Gasteiger partial charge in [0.2, 0.25) is 0 Å². The zero-order chi connectivity index (χ0) is 67.5. The Hall–Kier alpha value is -13.7. The molecule has 0 unspecified atom stereocenters. The van der Waals surface area contributed by atoms with Gasteiger partial charge in [0.05, 0.1) is 33.1 Å². The maximum absolute atomic E-state index is 2.37. The molecule has 3 heterocycles. The molecule has 0 saturated heterocycles. The van der Waals surface area contributed by atoms with Crippen molar-refractivity contribution in [2.45, 2.75) is 0 Å². The molecule has 3 aromatic heterocycles. The van der Waals surface area contributed by atoms with Gasteiger partial charge in [-0.15, -0.1) is 0 Å². The maximum atomic E-state index is 2.37. The van der Waals surface area contributed by atoms with Crippen LogP contribution in [0.2, 0.25) is 0 Å². The molecule has 0 bridgehead atoms. The van der Waals surface area contributed by atoms with Crippen LogP contribution in [0.5, 0.6) is 0 Å². The highest BCUT2D eigenvalue weighted by Gasteiger charge is 2.21. The van der Waals surface area contributed by atoms with Crippen molar-refractivity contribution in [3.63, 3.8) is 0 Å². The van der Waals surface area contributed by atoms with E-state index in [2.05, 4.69) is 429 Å². The molecule has 0 N–H and O–H groups in total. The van der Waals surface area contributed by atoms with Crippen LogP contribution in [-0.2, 0) is 0 Å². The molecule has 16 aromatic carbocycles. The van der Waals surface area contributed by atoms with Gasteiger partial charge in [-0.1, -0.05) is 212 Å². The Morgan fingerprint density at radius 1 is 0.137 bits per heavy atom. The normalized spacial score (nSPS) is 11.5. The number of rotatable bonds is 15. The minimum absolute atomic E-state index is 1.05. The van der Waals surface area contributed by atoms with Gasteiger partial charge in [-0.2, -0.15) is 0 Å². The fourth-order valence-electron chi connectivity index (χ4n) is 15.4. The molecule has 0 aliphatic carbocycles. The first-order chi connectivity index (χ1) is 50.6. The first-order valence-electron chi connectivity index (χ1n) is 34.9. The number of benzene rings is 16. The summed E-state index contributed by atoms with van der Waals surface area (Å²) in [6.45, 7) is 0. The lowest BCUT2D eigenvalue weighted by Gasteiger charge is -2.27. The molecule has 0 fully saturated rings. The van der Waals surface area contributed by atoms with Crippen molar-refractivity contribution in [3.05, 3.63) is 400 Å². The zero-order valence-electron chi connectivity index (χ0n) is 55.8. The SMILES string of the molecule is c1ccc(N(c2ccc(-c3ccc(N(c4ccc(-c5ccc(N(c6ccccc6)c6ccc(-n7c8ccccc8c8ccccc87)cc6)cc5)cc4)c4ccc(-c5ccc6c(c5)c5ccccc5n6-c5ccccc5)cc4)cc3)cc2)c2ccc(-n3c4ccccc4c4ccccc43)cc2)cc1. The quantitative estimate of drug-likeness (QED) is 0.102. The summed E-state index contributed by atoms with van der Waals surface area (Å²) in [7, 11) is 0. The third kappa shape index (κ3) is 10.5. The van der Waals surface area contributed by atoms with E-state index in [0.29, 0.717) is 0 Å². The Balaban J connectivity index is 0.637. The number of fused-ring (bicyclic) bond motifs is 9. The summed E-state index contributed by atoms with van der Waals surface area (Å²) in [5.41, 5.74) is 27.1. The fraction of sp³-hybridized carbons (Fsp3) is 0. The molecule has 0 aliphatic heterocycles. The van der Waals surface area contributed by atoms with E-state index in [4.69, 9.17) is 0 Å². The second-order valence-corrected chi connectivity index (χ2v) is 26.1. The second kappa shape index (κ2) is 25.3. The van der Waals surface area contributed by atoms with Gasteiger partial charge in [0.15, 0.2) is 0 Å². The van der Waals surface area contributed by atoms with Gasteiger partial charge in [-0.25, -0.2) is 0 Å². The molecular formula is C96H66N6. The van der Waals surface area contributed by atoms with Crippen molar-refractivity contribution in [2.24, 2.45) is 0 Å². The third-order valence-electron chi connectivity index (χ3n) is 20.2. The molecule has 0 saturated carbocycles. The van der Waals surface area contributed by atoms with Crippen LogP contribution in [0.3, 0.4) is 0 Å². The molecular weight excluding hydrogens is 1240 g/mol. The number of nitrogens with zero attached hydrogens (tertiary/aromatic N) is 6. The van der Waals surface area contributed by atoms with Gasteiger partial charge in [0, 0.05) is 101 Å². The summed E-state index contributed by atoms with van der Waals surface area (Å²) in [4.78, 5) is 7.04. The summed E-state index contributed by atoms with van der Waals surface area (Å²) >= 11 is 0. The molecule has 0 atom stereocenters. The lowest BCUT2D eigenvalue weighted by Crippen LogP contribution is -2.10. The Morgan fingerprint density at radius 3 is 0.627 bits per heavy atom. The van der Waals surface area contributed by atoms with Crippen molar-refractivity contribution in [2.75, 3.05) is 14.7 Å². The van der Waals surface area contributed by atoms with Gasteiger partial charge >= 0.3 is 0 Å². The van der Waals surface area contributed by atoms with Gasteiger partial charge in [-0.05, 0) is 221 Å². The highest BCUT2D eigenvalue weighted by atomic mass is 15.2. The van der Waals surface area contributed by atoms with Crippen molar-refractivity contribution in [1.29, 1.82) is 0 Å². The van der Waals surface area contributed by atoms with E-state index in [1.807, 2.05) is 0 Å². The third-order valence-corrected chi connectivity index (χ3v) is 20.2. The van der Waals surface area contributed by atoms with E-state index in [1.54, 1.807) is 0 Å². The second-order valence-electron chi connectivity index (χ2n) is 26.1. The highest BCUT2D eigenvalue weighted by Crippen LogP contribution is 2.44. The van der Waals surface area contributed by atoms with Gasteiger partial charge in [-0.3, -0.25) is 0 Å². The molecule has 19 aromatic rings. The van der Waals surface area contributed by atoms with Crippen molar-refractivity contribution in [1.82, 2.24) is 13.7 Å². The van der Waals surface area contributed by atoms with E-state index < -0.39 is 0 Å². The highest BCUT2D eigenvalue weighted by molar-refractivity contribution is 6.12. The Bertz CT molecular complexity index is 5850. The maximum Gasteiger partial charge on any atom is 0.0541 e. The zero-order valence-corrected chi connectivity index (χ0v) is 55.8. The van der Waals surface area contributed by atoms with Crippen LogP contribution in [0.25, 0.3) is 116 Å². The van der Waals surface area contributed by atoms with Crippen LogP contribution in [0, 0.1) is 0 Å². The number of aromatic nitrogens is 3. The number of para-hydroxylation sites is 8. The van der Waals surface area contributed by atoms with Crippen LogP contribution >= 0.6 is 0 Å². The number of hydrogen-bond acceptors (Lipinski definition) is 3. The van der Waals surface area contributed by atoms with Crippen molar-refractivity contribution >= 4 is 117 Å². The van der Waals surface area contributed by atoms with Crippen LogP contribution in [0.1, 0.15) is 0 Å². The summed E-state index contributed by atoms with van der Waals surface area (Å²) < 4.78 is 7.12. The largest absolute Gasteiger partial charge is 0.311 e. The monoisotopic (exact) mass is 1300 g/mol. The molecule has 0 aliphatic rings. The van der Waals surface area contributed by atoms with Crippen LogP contribution < -0.4 is 14.7 Å². The van der Waals surface area contributed by atoms with Crippen LogP contribution in [0.15, 0.2) is 400 Å². The summed E-state index contributed by atoms with van der Waals surface area (Å²) in [6.07, 6.45) is 0. The van der Waals surface area contributed by atoms with E-state index in [9.17, 15) is 0 Å². The molecule has 480 valence electrons. The first-order valence-corrected chi connectivity index (χ1v) is 34.9. The van der Waals surface area contributed by atoms with Crippen molar-refractivity contribution < 1.29 is 0 Å². The molecule has 6 nitrogen and oxygen atoms in total. The minimum Gasteiger partial charge on any atom is -0.311 e. The van der Waals surface area contributed by atoms with Crippen LogP contribution in [0.4, 0.5) is 51.2 Å². The molecule has 0 amide bonds. The fourth-order valence-corrected chi connectivity index (χ4v) is 15.4. The lowest BCUT2D eigenvalue weighted by atomic mass is 10.0. The van der Waals surface area contributed by atoms with E-state index in [1.165, 1.54) is 71.0 Å². The van der Waals surface area contributed by atoms with Gasteiger partial charge < -0.3 is 28.4 Å². The molecule has 19 rings (SSSR count). The topological polar surface area (TPSA) is 24.5 Å². The van der Waals surface area contributed by atoms with E-state index in [0.717, 1.165) is 96.1 Å². The Labute approximate surface area is 592 Å². The Kier molecular flexibility index (Phi) is 14.8. The van der Waals surface area contributed by atoms with Crippen molar-refractivity contribution in [3.8, 4) is 50.4 Å². The average molecular weight is 1300 g/mol. The number of anilines is 9. The van der Waals surface area contributed by atoms with E-state index >= 15 is 0 Å².